The SMILES string of the molecule is COc1ccc(/C=C(/CBr)C2CCCCC2)cc1OC. The lowest BCUT2D eigenvalue weighted by Crippen LogP contribution is -2.10. The predicted molar refractivity (Wildman–Crippen MR) is 87.9 cm³/mol. The molecule has 0 N–H and O–H groups in total. The average Bonchev–Trinajstić information content (AvgIpc) is 2.53. The molecule has 0 radical (unpaired) electrons. The summed E-state index contributed by atoms with van der Waals surface area (Å²) in [5, 5.41) is 0.950. The molecule has 0 aliphatic heterocycles. The molecule has 1 aromatic rings. The van der Waals surface area contributed by atoms with Crippen molar-refractivity contribution in [3.63, 3.8) is 0 Å². The third kappa shape index (κ3) is 3.78. The van der Waals surface area contributed by atoms with Crippen LogP contribution in [-0.2, 0) is 0 Å². The summed E-state index contributed by atoms with van der Waals surface area (Å²) in [6.07, 6.45) is 9.06. The minimum atomic E-state index is 0.733. The van der Waals surface area contributed by atoms with E-state index in [4.69, 9.17) is 9.47 Å². The molecule has 0 bridgehead atoms. The molecular weight excluding hydrogens is 316 g/mol. The molecule has 0 atom stereocenters. The van der Waals surface area contributed by atoms with Crippen molar-refractivity contribution < 1.29 is 9.47 Å². The second kappa shape index (κ2) is 7.72. The zero-order valence-electron chi connectivity index (χ0n) is 12.3. The second-order valence-electron chi connectivity index (χ2n) is 5.30. The molecule has 2 rings (SSSR count). The Bertz CT molecular complexity index is 462. The van der Waals surface area contributed by atoms with Gasteiger partial charge in [-0.2, -0.15) is 0 Å². The molecular formula is C17H23BrO2. The molecule has 0 heterocycles. The van der Waals surface area contributed by atoms with Crippen LogP contribution < -0.4 is 9.47 Å². The van der Waals surface area contributed by atoms with Gasteiger partial charge in [0.25, 0.3) is 0 Å². The Morgan fingerprint density at radius 2 is 1.85 bits per heavy atom. The number of allylic oxidation sites excluding steroid dienone is 1. The second-order valence-corrected chi connectivity index (χ2v) is 5.86. The van der Waals surface area contributed by atoms with E-state index in [2.05, 4.69) is 28.1 Å². The average molecular weight is 339 g/mol. The van der Waals surface area contributed by atoms with Crippen LogP contribution in [0.4, 0.5) is 0 Å². The fraction of sp³-hybridized carbons (Fsp3) is 0.529. The molecule has 0 amide bonds. The predicted octanol–water partition coefficient (Wildman–Crippen LogP) is 5.06. The summed E-state index contributed by atoms with van der Waals surface area (Å²) in [6.45, 7) is 0. The first-order valence-electron chi connectivity index (χ1n) is 7.27. The molecule has 1 aromatic carbocycles. The van der Waals surface area contributed by atoms with Crippen molar-refractivity contribution in [2.75, 3.05) is 19.5 Å². The summed E-state index contributed by atoms with van der Waals surface area (Å²) in [6, 6.07) is 6.11. The lowest BCUT2D eigenvalue weighted by molar-refractivity contribution is 0.355. The van der Waals surface area contributed by atoms with Gasteiger partial charge in [0.1, 0.15) is 0 Å². The van der Waals surface area contributed by atoms with Crippen LogP contribution in [0.1, 0.15) is 37.7 Å². The number of hydrogen-bond acceptors (Lipinski definition) is 2. The van der Waals surface area contributed by atoms with Crippen LogP contribution in [0.15, 0.2) is 23.8 Å². The summed E-state index contributed by atoms with van der Waals surface area (Å²) >= 11 is 3.65. The first kappa shape index (κ1) is 15.4. The number of rotatable bonds is 5. The van der Waals surface area contributed by atoms with Gasteiger partial charge < -0.3 is 9.47 Å². The minimum Gasteiger partial charge on any atom is -0.493 e. The zero-order valence-corrected chi connectivity index (χ0v) is 13.9. The van der Waals surface area contributed by atoms with E-state index < -0.39 is 0 Å². The van der Waals surface area contributed by atoms with Gasteiger partial charge in [0.05, 0.1) is 14.2 Å². The molecule has 0 spiro atoms. The summed E-state index contributed by atoms with van der Waals surface area (Å²) in [7, 11) is 3.34. The van der Waals surface area contributed by atoms with Gasteiger partial charge in [-0.3, -0.25) is 0 Å². The Morgan fingerprint density at radius 1 is 1.15 bits per heavy atom. The highest BCUT2D eigenvalue weighted by Gasteiger charge is 2.17. The van der Waals surface area contributed by atoms with Crippen molar-refractivity contribution in [2.45, 2.75) is 32.1 Å². The number of hydrogen-bond donors (Lipinski definition) is 0. The molecule has 0 unspecified atom stereocenters. The third-order valence-corrected chi connectivity index (χ3v) is 4.69. The van der Waals surface area contributed by atoms with Crippen LogP contribution >= 0.6 is 15.9 Å². The Kier molecular flexibility index (Phi) is 5.96. The van der Waals surface area contributed by atoms with Gasteiger partial charge >= 0.3 is 0 Å². The van der Waals surface area contributed by atoms with E-state index >= 15 is 0 Å². The summed E-state index contributed by atoms with van der Waals surface area (Å²) in [5.41, 5.74) is 2.68. The smallest absolute Gasteiger partial charge is 0.161 e. The molecule has 3 heteroatoms. The Labute approximate surface area is 130 Å². The van der Waals surface area contributed by atoms with Gasteiger partial charge in [-0.05, 0) is 36.5 Å². The first-order valence-corrected chi connectivity index (χ1v) is 8.39. The van der Waals surface area contributed by atoms with Crippen LogP contribution in [0, 0.1) is 5.92 Å². The number of methoxy groups -OCH3 is 2. The highest BCUT2D eigenvalue weighted by Crippen LogP contribution is 2.33. The molecule has 1 aliphatic rings. The number of benzene rings is 1. The maximum atomic E-state index is 5.37. The van der Waals surface area contributed by atoms with E-state index in [-0.39, 0.29) is 0 Å². The molecule has 110 valence electrons. The lowest BCUT2D eigenvalue weighted by atomic mass is 9.84. The molecule has 2 nitrogen and oxygen atoms in total. The Morgan fingerprint density at radius 3 is 2.45 bits per heavy atom. The molecule has 0 aromatic heterocycles. The van der Waals surface area contributed by atoms with Crippen molar-refractivity contribution in [3.05, 3.63) is 29.3 Å². The maximum absolute atomic E-state index is 5.37. The molecule has 1 saturated carbocycles. The van der Waals surface area contributed by atoms with Crippen molar-refractivity contribution in [2.24, 2.45) is 5.92 Å². The van der Waals surface area contributed by atoms with Crippen molar-refractivity contribution in [1.82, 2.24) is 0 Å². The van der Waals surface area contributed by atoms with Crippen LogP contribution in [0.5, 0.6) is 11.5 Å². The fourth-order valence-electron chi connectivity index (χ4n) is 2.90. The van der Waals surface area contributed by atoms with Gasteiger partial charge in [-0.15, -0.1) is 0 Å². The van der Waals surface area contributed by atoms with E-state index in [1.165, 1.54) is 43.2 Å². The summed E-state index contributed by atoms with van der Waals surface area (Å²) in [4.78, 5) is 0. The Balaban J connectivity index is 2.22. The van der Waals surface area contributed by atoms with Gasteiger partial charge in [0.2, 0.25) is 0 Å². The topological polar surface area (TPSA) is 18.5 Å². The lowest BCUT2D eigenvalue weighted by Gasteiger charge is -2.23. The largest absolute Gasteiger partial charge is 0.493 e. The number of ether oxygens (including phenoxy) is 2. The van der Waals surface area contributed by atoms with E-state index in [0.717, 1.165) is 22.7 Å². The third-order valence-electron chi connectivity index (χ3n) is 4.04. The number of alkyl halides is 1. The quantitative estimate of drug-likeness (QED) is 0.698. The van der Waals surface area contributed by atoms with E-state index in [1.807, 2.05) is 12.1 Å². The van der Waals surface area contributed by atoms with Gasteiger partial charge in [0, 0.05) is 5.33 Å². The maximum Gasteiger partial charge on any atom is 0.161 e. The van der Waals surface area contributed by atoms with E-state index in [9.17, 15) is 0 Å². The summed E-state index contributed by atoms with van der Waals surface area (Å²) < 4.78 is 10.7. The first-order chi connectivity index (χ1) is 9.78. The minimum absolute atomic E-state index is 0.733. The zero-order chi connectivity index (χ0) is 14.4. The van der Waals surface area contributed by atoms with Crippen molar-refractivity contribution >= 4 is 22.0 Å². The van der Waals surface area contributed by atoms with Gasteiger partial charge in [0.15, 0.2) is 11.5 Å². The van der Waals surface area contributed by atoms with Crippen LogP contribution in [-0.4, -0.2) is 19.5 Å². The monoisotopic (exact) mass is 338 g/mol. The fourth-order valence-corrected chi connectivity index (χ4v) is 3.52. The Hall–Kier alpha value is -0.960. The molecule has 0 saturated heterocycles. The standard InChI is InChI=1S/C17H23BrO2/c1-19-16-9-8-13(11-17(16)20-2)10-15(12-18)14-6-4-3-5-7-14/h8-11,14H,3-7,12H2,1-2H3/b15-10-. The molecule has 20 heavy (non-hydrogen) atoms. The van der Waals surface area contributed by atoms with Crippen LogP contribution in [0.25, 0.3) is 6.08 Å². The van der Waals surface area contributed by atoms with Crippen LogP contribution in [0.3, 0.4) is 0 Å². The van der Waals surface area contributed by atoms with Gasteiger partial charge in [-0.25, -0.2) is 0 Å². The van der Waals surface area contributed by atoms with E-state index in [1.54, 1.807) is 14.2 Å². The molecule has 1 aliphatic carbocycles. The molecule has 1 fully saturated rings. The van der Waals surface area contributed by atoms with Crippen molar-refractivity contribution in [1.29, 1.82) is 0 Å². The highest BCUT2D eigenvalue weighted by atomic mass is 79.9. The van der Waals surface area contributed by atoms with Crippen LogP contribution in [0.2, 0.25) is 0 Å². The summed E-state index contributed by atoms with van der Waals surface area (Å²) in [5.74, 6) is 2.30. The van der Waals surface area contributed by atoms with Gasteiger partial charge in [-0.1, -0.05) is 52.9 Å². The van der Waals surface area contributed by atoms with Crippen molar-refractivity contribution in [3.8, 4) is 11.5 Å². The van der Waals surface area contributed by atoms with E-state index in [0.29, 0.717) is 0 Å². The normalized spacial score (nSPS) is 17.1. The number of halogens is 1. The highest BCUT2D eigenvalue weighted by molar-refractivity contribution is 9.09.